The van der Waals surface area contributed by atoms with Gasteiger partial charge in [-0.15, -0.1) is 0 Å². The highest BCUT2D eigenvalue weighted by Gasteiger charge is 2.81. The van der Waals surface area contributed by atoms with E-state index in [1.807, 2.05) is 12.1 Å². The highest BCUT2D eigenvalue weighted by atomic mass is 16.5. The van der Waals surface area contributed by atoms with Gasteiger partial charge in [0.2, 0.25) is 16.9 Å². The number of benzene rings is 2. The molecule has 3 aromatic rings. The Morgan fingerprint density at radius 2 is 1.66 bits per heavy atom. The first-order chi connectivity index (χ1) is 19.9. The van der Waals surface area contributed by atoms with Crippen molar-refractivity contribution in [2.45, 2.75) is 50.5 Å². The third-order valence-electron chi connectivity index (χ3n) is 11.5. The molecule has 0 saturated heterocycles. The monoisotopic (exact) mass is 558 g/mol. The molecule has 1 aromatic heterocycles. The number of methoxy groups -OCH3 is 3. The quantitative estimate of drug-likeness (QED) is 0.259. The van der Waals surface area contributed by atoms with Crippen LogP contribution >= 0.6 is 0 Å². The van der Waals surface area contributed by atoms with Crippen molar-refractivity contribution < 1.29 is 18.6 Å². The van der Waals surface area contributed by atoms with Gasteiger partial charge in [0.1, 0.15) is 0 Å². The van der Waals surface area contributed by atoms with Gasteiger partial charge in [0.15, 0.2) is 17.1 Å². The summed E-state index contributed by atoms with van der Waals surface area (Å²) in [5, 5.41) is 0.384. The van der Waals surface area contributed by atoms with Gasteiger partial charge >= 0.3 is 0 Å². The number of hydrogen-bond acceptors (Lipinski definition) is 7. The summed E-state index contributed by atoms with van der Waals surface area (Å²) in [6.07, 6.45) is 9.86. The fourth-order valence-corrected chi connectivity index (χ4v) is 9.57. The maximum absolute atomic E-state index is 13.3. The molecule has 41 heavy (non-hydrogen) atoms. The van der Waals surface area contributed by atoms with Gasteiger partial charge in [0.25, 0.3) is 0 Å². The van der Waals surface area contributed by atoms with Crippen molar-refractivity contribution in [2.24, 2.45) is 23.2 Å². The first kappa shape index (κ1) is 26.7. The van der Waals surface area contributed by atoms with E-state index < -0.39 is 0 Å². The molecule has 7 heteroatoms. The summed E-state index contributed by atoms with van der Waals surface area (Å²) in [4.78, 5) is 18.3. The van der Waals surface area contributed by atoms with Crippen LogP contribution in [0, 0.1) is 23.2 Å². The lowest BCUT2D eigenvalue weighted by atomic mass is 9.46. The molecule has 5 aliphatic carbocycles. The molecule has 1 heterocycles. The van der Waals surface area contributed by atoms with Crippen molar-refractivity contribution in [1.29, 1.82) is 0 Å². The number of ether oxygens (including phenoxy) is 3. The molecule has 2 aromatic carbocycles. The molecule has 1 spiro atoms. The predicted molar refractivity (Wildman–Crippen MR) is 161 cm³/mol. The number of unbranched alkanes of at least 4 members (excludes halogenated alkanes) is 1. The maximum atomic E-state index is 13.3. The summed E-state index contributed by atoms with van der Waals surface area (Å²) in [6, 6.07) is 11.5. The Morgan fingerprint density at radius 1 is 0.902 bits per heavy atom. The lowest BCUT2D eigenvalue weighted by Crippen LogP contribution is -2.64. The number of hydrogen-bond donors (Lipinski definition) is 0. The van der Waals surface area contributed by atoms with Crippen molar-refractivity contribution in [3.05, 3.63) is 46.6 Å². The lowest BCUT2D eigenvalue weighted by Gasteiger charge is -2.62. The molecule has 5 aliphatic rings. The van der Waals surface area contributed by atoms with E-state index in [0.29, 0.717) is 33.8 Å². The second kappa shape index (κ2) is 9.69. The van der Waals surface area contributed by atoms with E-state index in [2.05, 4.69) is 36.0 Å². The van der Waals surface area contributed by atoms with Crippen LogP contribution in [0.4, 0.5) is 5.69 Å². The van der Waals surface area contributed by atoms with Crippen LogP contribution in [0.25, 0.3) is 22.3 Å². The molecule has 0 N–H and O–H groups in total. The molecular weight excluding hydrogens is 516 g/mol. The van der Waals surface area contributed by atoms with Gasteiger partial charge in [-0.1, -0.05) is 0 Å². The highest BCUT2D eigenvalue weighted by Crippen LogP contribution is 2.85. The Hall–Kier alpha value is -3.19. The normalized spacial score (nSPS) is 28.8. The second-order valence-corrected chi connectivity index (χ2v) is 12.9. The minimum absolute atomic E-state index is 0.176. The number of nitrogens with zero attached hydrogens (tertiary/aromatic N) is 2. The third-order valence-corrected chi connectivity index (χ3v) is 11.5. The van der Waals surface area contributed by atoms with Crippen LogP contribution in [-0.4, -0.2) is 59.0 Å². The first-order valence-corrected chi connectivity index (χ1v) is 15.2. The van der Waals surface area contributed by atoms with Crippen molar-refractivity contribution in [3.8, 4) is 28.6 Å². The van der Waals surface area contributed by atoms with Gasteiger partial charge in [0.05, 0.1) is 26.7 Å². The summed E-state index contributed by atoms with van der Waals surface area (Å²) in [5.41, 5.74) is 3.32. The summed E-state index contributed by atoms with van der Waals surface area (Å²) < 4.78 is 22.7. The fraction of sp³-hybridized carbons (Fsp3) is 0.559. The maximum Gasteiger partial charge on any atom is 0.235 e. The molecule has 5 unspecified atom stereocenters. The minimum Gasteiger partial charge on any atom is -0.493 e. The van der Waals surface area contributed by atoms with Crippen LogP contribution in [0.3, 0.4) is 0 Å². The summed E-state index contributed by atoms with van der Waals surface area (Å²) >= 11 is 0. The molecule has 5 fully saturated rings. The lowest BCUT2D eigenvalue weighted by molar-refractivity contribution is -0.133. The van der Waals surface area contributed by atoms with E-state index in [1.165, 1.54) is 59.3 Å². The minimum atomic E-state index is -0.245. The Kier molecular flexibility index (Phi) is 6.31. The number of anilines is 1. The van der Waals surface area contributed by atoms with Gasteiger partial charge < -0.3 is 28.4 Å². The Balaban J connectivity index is 1.01. The van der Waals surface area contributed by atoms with Gasteiger partial charge in [-0.3, -0.25) is 4.79 Å². The van der Waals surface area contributed by atoms with Crippen LogP contribution in [0.5, 0.6) is 17.2 Å². The summed E-state index contributed by atoms with van der Waals surface area (Å²) in [5.74, 6) is 4.56. The van der Waals surface area contributed by atoms with Crippen molar-refractivity contribution in [3.63, 3.8) is 0 Å². The van der Waals surface area contributed by atoms with Crippen molar-refractivity contribution in [2.75, 3.05) is 53.4 Å². The van der Waals surface area contributed by atoms with Gasteiger partial charge in [-0.2, -0.15) is 0 Å². The topological polar surface area (TPSA) is 64.4 Å². The van der Waals surface area contributed by atoms with E-state index in [1.54, 1.807) is 19.2 Å². The van der Waals surface area contributed by atoms with Crippen LogP contribution in [-0.2, 0) is 0 Å². The summed E-state index contributed by atoms with van der Waals surface area (Å²) in [6.45, 7) is 2.20. The molecular formula is C34H42N2O5. The second-order valence-electron chi connectivity index (χ2n) is 12.9. The molecule has 218 valence electrons. The predicted octanol–water partition coefficient (Wildman–Crippen LogP) is 6.21. The average Bonchev–Trinajstić information content (AvgIpc) is 3.47. The summed E-state index contributed by atoms with van der Waals surface area (Å²) in [7, 11) is 9.14. The van der Waals surface area contributed by atoms with E-state index in [0.717, 1.165) is 47.4 Å². The molecule has 5 atom stereocenters. The Morgan fingerprint density at radius 3 is 2.39 bits per heavy atom. The van der Waals surface area contributed by atoms with E-state index >= 15 is 0 Å². The van der Waals surface area contributed by atoms with Gasteiger partial charge in [-0.05, 0) is 118 Å². The molecule has 0 aliphatic heterocycles. The zero-order chi connectivity index (χ0) is 28.5. The van der Waals surface area contributed by atoms with Gasteiger partial charge in [0, 0.05) is 30.4 Å². The zero-order valence-corrected chi connectivity index (χ0v) is 25.0. The smallest absolute Gasteiger partial charge is 0.235 e. The largest absolute Gasteiger partial charge is 0.493 e. The first-order valence-electron chi connectivity index (χ1n) is 15.2. The Labute approximate surface area is 242 Å². The van der Waals surface area contributed by atoms with Crippen LogP contribution in [0.2, 0.25) is 0 Å². The molecule has 2 bridgehead atoms. The van der Waals surface area contributed by atoms with Crippen LogP contribution in [0.1, 0.15) is 44.9 Å². The molecule has 0 amide bonds. The molecule has 7 nitrogen and oxygen atoms in total. The average molecular weight is 559 g/mol. The molecule has 8 rings (SSSR count). The van der Waals surface area contributed by atoms with Crippen molar-refractivity contribution >= 4 is 16.7 Å². The molecule has 5 saturated carbocycles. The number of fused-ring (bicyclic) bond motifs is 1. The van der Waals surface area contributed by atoms with E-state index in [-0.39, 0.29) is 11.2 Å². The van der Waals surface area contributed by atoms with E-state index in [9.17, 15) is 4.79 Å². The Bertz CT molecular complexity index is 1530. The third kappa shape index (κ3) is 3.63. The highest BCUT2D eigenvalue weighted by molar-refractivity contribution is 5.88. The zero-order valence-electron chi connectivity index (χ0n) is 25.0. The van der Waals surface area contributed by atoms with Crippen LogP contribution < -0.4 is 24.5 Å². The van der Waals surface area contributed by atoms with Crippen LogP contribution in [0.15, 0.2) is 45.6 Å². The van der Waals surface area contributed by atoms with E-state index in [4.69, 9.17) is 18.6 Å². The number of rotatable bonds is 11. The SMILES string of the molecule is COc1ccc2c(=O)c(OC)c(-c3ccc(N(C)CCCCN(C)C45CC6CC7CCC4C76C5)cc3)oc2c1OC. The fourth-order valence-electron chi connectivity index (χ4n) is 9.57. The van der Waals surface area contributed by atoms with Crippen molar-refractivity contribution in [1.82, 2.24) is 4.90 Å². The molecule has 0 radical (unpaired) electrons. The standard InChI is InChI=1S/C34H42N2O5/c1-35(16-6-7-17-36(2)33-19-23-18-22-10-15-27(33)34(22,23)20-33)24-11-8-21(9-12-24)29-32(40-5)28(37)25-13-14-26(38-3)31(39-4)30(25)41-29/h8-9,11-14,22-23,27H,6-7,10,15-20H2,1-5H3. The van der Waals surface area contributed by atoms with Gasteiger partial charge in [-0.25, -0.2) is 0 Å².